The summed E-state index contributed by atoms with van der Waals surface area (Å²) in [6, 6.07) is 0.640. The lowest BCUT2D eigenvalue weighted by Crippen LogP contribution is -2.44. The minimum atomic E-state index is -0.310. The number of hydrogen-bond acceptors (Lipinski definition) is 4. The maximum absolute atomic E-state index is 12.6. The minimum Gasteiger partial charge on any atom is -0.490 e. The summed E-state index contributed by atoms with van der Waals surface area (Å²) in [5.41, 5.74) is -0.310. The first-order chi connectivity index (χ1) is 10.1. The highest BCUT2D eigenvalue weighted by atomic mass is 16.5. The lowest BCUT2D eigenvalue weighted by atomic mass is 10.1. The van der Waals surface area contributed by atoms with Crippen LogP contribution in [0.5, 0.6) is 5.75 Å². The van der Waals surface area contributed by atoms with Gasteiger partial charge in [0.15, 0.2) is 0 Å². The Kier molecular flexibility index (Phi) is 3.69. The molecule has 6 heteroatoms. The molecule has 1 heterocycles. The normalized spacial score (nSPS) is 19.1. The van der Waals surface area contributed by atoms with Gasteiger partial charge < -0.3 is 9.64 Å². The van der Waals surface area contributed by atoms with Crippen molar-refractivity contribution in [2.24, 2.45) is 5.92 Å². The van der Waals surface area contributed by atoms with Crippen LogP contribution in [0.15, 0.2) is 17.3 Å². The van der Waals surface area contributed by atoms with E-state index in [4.69, 9.17) is 4.74 Å². The van der Waals surface area contributed by atoms with Crippen LogP contribution in [0.4, 0.5) is 0 Å². The van der Waals surface area contributed by atoms with E-state index in [1.807, 2.05) is 4.90 Å². The third-order valence-electron chi connectivity index (χ3n) is 4.37. The van der Waals surface area contributed by atoms with Crippen LogP contribution in [0.2, 0.25) is 0 Å². The molecule has 0 radical (unpaired) electrons. The Morgan fingerprint density at radius 3 is 2.76 bits per heavy atom. The first kappa shape index (κ1) is 14.1. The summed E-state index contributed by atoms with van der Waals surface area (Å²) in [5, 5.41) is 0. The Hall–Kier alpha value is -1.85. The number of amides is 1. The minimum absolute atomic E-state index is 0.00838. The van der Waals surface area contributed by atoms with Gasteiger partial charge in [-0.3, -0.25) is 14.2 Å². The van der Waals surface area contributed by atoms with Crippen LogP contribution in [0.25, 0.3) is 0 Å². The predicted octanol–water partition coefficient (Wildman–Crippen LogP) is 1.04. The highest BCUT2D eigenvalue weighted by molar-refractivity contribution is 5.77. The van der Waals surface area contributed by atoms with E-state index in [-0.39, 0.29) is 29.8 Å². The Bertz CT molecular complexity index is 590. The second-order valence-corrected chi connectivity index (χ2v) is 6.01. The number of rotatable bonds is 6. The van der Waals surface area contributed by atoms with E-state index in [2.05, 4.69) is 11.9 Å². The van der Waals surface area contributed by atoms with Crippen LogP contribution in [-0.4, -0.2) is 39.6 Å². The van der Waals surface area contributed by atoms with Crippen molar-refractivity contribution in [2.45, 2.75) is 51.2 Å². The first-order valence-corrected chi connectivity index (χ1v) is 7.51. The van der Waals surface area contributed by atoms with Gasteiger partial charge in [-0.15, -0.1) is 0 Å². The fourth-order valence-electron chi connectivity index (χ4n) is 2.83. The molecule has 2 saturated carbocycles. The summed E-state index contributed by atoms with van der Waals surface area (Å²) in [6.07, 6.45) is 7.34. The van der Waals surface area contributed by atoms with Crippen molar-refractivity contribution in [3.8, 4) is 5.75 Å². The molecule has 0 spiro atoms. The molecule has 2 aliphatic rings. The summed E-state index contributed by atoms with van der Waals surface area (Å²) in [6.45, 7) is 2.16. The van der Waals surface area contributed by atoms with Crippen molar-refractivity contribution < 1.29 is 9.53 Å². The molecule has 0 N–H and O–H groups in total. The van der Waals surface area contributed by atoms with Crippen LogP contribution in [0, 0.1) is 5.92 Å². The van der Waals surface area contributed by atoms with Crippen molar-refractivity contribution in [3.05, 3.63) is 22.9 Å². The monoisotopic (exact) mass is 291 g/mol. The number of ether oxygens (including phenoxy) is 1. The molecule has 0 saturated heterocycles. The van der Waals surface area contributed by atoms with Gasteiger partial charge in [0.2, 0.25) is 11.7 Å². The first-order valence-electron chi connectivity index (χ1n) is 7.51. The zero-order valence-electron chi connectivity index (χ0n) is 12.5. The average Bonchev–Trinajstić information content (AvgIpc) is 3.34. The molecule has 6 nitrogen and oxygen atoms in total. The van der Waals surface area contributed by atoms with E-state index in [9.17, 15) is 9.59 Å². The summed E-state index contributed by atoms with van der Waals surface area (Å²) in [7, 11) is 1.43. The molecule has 1 amide bonds. The smallest absolute Gasteiger partial charge is 0.296 e. The zero-order chi connectivity index (χ0) is 15.0. The molecular formula is C15H21N3O3. The van der Waals surface area contributed by atoms with E-state index in [0.29, 0.717) is 12.0 Å². The van der Waals surface area contributed by atoms with Gasteiger partial charge in [0.1, 0.15) is 6.54 Å². The van der Waals surface area contributed by atoms with Gasteiger partial charge in [-0.25, -0.2) is 4.98 Å². The Labute approximate surface area is 123 Å². The predicted molar refractivity (Wildman–Crippen MR) is 77.1 cm³/mol. The van der Waals surface area contributed by atoms with Crippen molar-refractivity contribution in [3.63, 3.8) is 0 Å². The van der Waals surface area contributed by atoms with Crippen molar-refractivity contribution in [1.82, 2.24) is 14.5 Å². The number of aromatic nitrogens is 2. The molecule has 2 fully saturated rings. The molecule has 2 aliphatic carbocycles. The van der Waals surface area contributed by atoms with E-state index < -0.39 is 0 Å². The van der Waals surface area contributed by atoms with Crippen LogP contribution in [0.1, 0.15) is 32.6 Å². The third kappa shape index (κ3) is 2.94. The van der Waals surface area contributed by atoms with Gasteiger partial charge in [-0.05, 0) is 38.5 Å². The topological polar surface area (TPSA) is 64.4 Å². The summed E-state index contributed by atoms with van der Waals surface area (Å²) < 4.78 is 6.29. The van der Waals surface area contributed by atoms with Crippen LogP contribution >= 0.6 is 0 Å². The lowest BCUT2D eigenvalue weighted by Gasteiger charge is -2.29. The summed E-state index contributed by atoms with van der Waals surface area (Å²) in [4.78, 5) is 30.6. The second kappa shape index (κ2) is 5.50. The van der Waals surface area contributed by atoms with Crippen molar-refractivity contribution in [2.75, 3.05) is 7.11 Å². The van der Waals surface area contributed by atoms with E-state index in [1.165, 1.54) is 37.0 Å². The van der Waals surface area contributed by atoms with Crippen LogP contribution in [0.3, 0.4) is 0 Å². The van der Waals surface area contributed by atoms with Gasteiger partial charge in [-0.1, -0.05) is 0 Å². The standard InChI is InChI=1S/C15H21N3O3/c1-10(11-3-4-11)18(12-5-6-12)14(19)8-17-9-16-7-13(21-2)15(17)20/h7,9-12H,3-6,8H2,1-2H3. The maximum Gasteiger partial charge on any atom is 0.296 e. The van der Waals surface area contributed by atoms with Crippen LogP contribution in [-0.2, 0) is 11.3 Å². The zero-order valence-corrected chi connectivity index (χ0v) is 12.5. The van der Waals surface area contributed by atoms with Gasteiger partial charge >= 0.3 is 0 Å². The van der Waals surface area contributed by atoms with Crippen LogP contribution < -0.4 is 10.3 Å². The second-order valence-electron chi connectivity index (χ2n) is 6.01. The van der Waals surface area contributed by atoms with Crippen molar-refractivity contribution in [1.29, 1.82) is 0 Å². The number of nitrogens with zero attached hydrogens (tertiary/aromatic N) is 3. The van der Waals surface area contributed by atoms with E-state index in [0.717, 1.165) is 12.8 Å². The molecule has 0 aromatic carbocycles. The molecule has 21 heavy (non-hydrogen) atoms. The number of carbonyl (C=O) groups excluding carboxylic acids is 1. The highest BCUT2D eigenvalue weighted by Gasteiger charge is 2.41. The quantitative estimate of drug-likeness (QED) is 0.785. The molecule has 1 atom stereocenters. The molecule has 3 rings (SSSR count). The molecule has 0 aliphatic heterocycles. The number of carbonyl (C=O) groups is 1. The Morgan fingerprint density at radius 1 is 1.48 bits per heavy atom. The number of methoxy groups -OCH3 is 1. The van der Waals surface area contributed by atoms with Crippen molar-refractivity contribution >= 4 is 5.91 Å². The molecular weight excluding hydrogens is 270 g/mol. The van der Waals surface area contributed by atoms with Gasteiger partial charge in [0.05, 0.1) is 19.6 Å². The highest BCUT2D eigenvalue weighted by Crippen LogP contribution is 2.39. The van der Waals surface area contributed by atoms with Gasteiger partial charge in [0, 0.05) is 12.1 Å². The molecule has 114 valence electrons. The summed E-state index contributed by atoms with van der Waals surface area (Å²) >= 11 is 0. The SMILES string of the molecule is COc1cncn(CC(=O)N(C2CC2)C(C)C2CC2)c1=O. The maximum atomic E-state index is 12.6. The Balaban J connectivity index is 1.76. The fourth-order valence-corrected chi connectivity index (χ4v) is 2.83. The molecule has 1 unspecified atom stereocenters. The molecule has 1 aromatic rings. The van der Waals surface area contributed by atoms with Gasteiger partial charge in [0.25, 0.3) is 5.56 Å². The van der Waals surface area contributed by atoms with Gasteiger partial charge in [-0.2, -0.15) is 0 Å². The largest absolute Gasteiger partial charge is 0.490 e. The average molecular weight is 291 g/mol. The fraction of sp³-hybridized carbons (Fsp3) is 0.667. The van der Waals surface area contributed by atoms with E-state index in [1.54, 1.807) is 0 Å². The Morgan fingerprint density at radius 2 is 2.19 bits per heavy atom. The van der Waals surface area contributed by atoms with E-state index >= 15 is 0 Å². The lowest BCUT2D eigenvalue weighted by molar-refractivity contribution is -0.135. The number of hydrogen-bond donors (Lipinski definition) is 0. The summed E-state index contributed by atoms with van der Waals surface area (Å²) in [5.74, 6) is 0.808. The molecule has 1 aromatic heterocycles. The third-order valence-corrected chi connectivity index (χ3v) is 4.37. The molecule has 0 bridgehead atoms.